The highest BCUT2D eigenvalue weighted by atomic mass is 16.5. The molecular formula is C21H18O3. The van der Waals surface area contributed by atoms with Crippen LogP contribution in [0.5, 0.6) is 11.5 Å². The van der Waals surface area contributed by atoms with E-state index in [1.165, 1.54) is 0 Å². The van der Waals surface area contributed by atoms with E-state index in [1.54, 1.807) is 31.4 Å². The Morgan fingerprint density at radius 3 is 1.96 bits per heavy atom. The predicted molar refractivity (Wildman–Crippen MR) is 94.2 cm³/mol. The van der Waals surface area contributed by atoms with E-state index in [-0.39, 0.29) is 12.4 Å². The number of methoxy groups -OCH3 is 1. The molecule has 0 radical (unpaired) electrons. The molecule has 0 fully saturated rings. The molecule has 3 rings (SSSR count). The highest BCUT2D eigenvalue weighted by Crippen LogP contribution is 2.20. The van der Waals surface area contributed by atoms with Crippen LogP contribution in [0.15, 0.2) is 78.9 Å². The zero-order valence-electron chi connectivity index (χ0n) is 13.4. The molecule has 120 valence electrons. The van der Waals surface area contributed by atoms with Crippen molar-refractivity contribution >= 4 is 5.97 Å². The van der Waals surface area contributed by atoms with Gasteiger partial charge in [-0.25, -0.2) is 0 Å². The number of hydrogen-bond donors (Lipinski definition) is 0. The summed E-state index contributed by atoms with van der Waals surface area (Å²) in [6.45, 7) is 0. The molecule has 0 saturated heterocycles. The molecule has 3 nitrogen and oxygen atoms in total. The standard InChI is InChI=1S/C21H18O3/c1-23-19-11-13-20(14-12-19)24-21(22)15-16-7-9-18(10-8-16)17-5-3-2-4-6-17/h2-14H,15H2,1H3. The first-order valence-corrected chi connectivity index (χ1v) is 7.74. The molecule has 0 bridgehead atoms. The maximum Gasteiger partial charge on any atom is 0.315 e. The number of esters is 1. The number of hydrogen-bond acceptors (Lipinski definition) is 3. The molecule has 0 unspecified atom stereocenters. The third-order valence-corrected chi connectivity index (χ3v) is 3.70. The fourth-order valence-corrected chi connectivity index (χ4v) is 2.42. The molecule has 0 aromatic heterocycles. The number of ether oxygens (including phenoxy) is 2. The molecule has 0 saturated carbocycles. The van der Waals surface area contributed by atoms with Crippen molar-refractivity contribution in [3.05, 3.63) is 84.4 Å². The smallest absolute Gasteiger partial charge is 0.315 e. The second-order valence-corrected chi connectivity index (χ2v) is 5.39. The summed E-state index contributed by atoms with van der Waals surface area (Å²) in [6, 6.07) is 25.0. The van der Waals surface area contributed by atoms with E-state index in [1.807, 2.05) is 42.5 Å². The summed E-state index contributed by atoms with van der Waals surface area (Å²) in [5.41, 5.74) is 3.21. The van der Waals surface area contributed by atoms with Crippen molar-refractivity contribution in [2.45, 2.75) is 6.42 Å². The average molecular weight is 318 g/mol. The van der Waals surface area contributed by atoms with Crippen LogP contribution in [-0.4, -0.2) is 13.1 Å². The van der Waals surface area contributed by atoms with E-state index in [4.69, 9.17) is 9.47 Å². The van der Waals surface area contributed by atoms with Gasteiger partial charge in [0.2, 0.25) is 0 Å². The highest BCUT2D eigenvalue weighted by molar-refractivity contribution is 5.75. The summed E-state index contributed by atoms with van der Waals surface area (Å²) in [5, 5.41) is 0. The predicted octanol–water partition coefficient (Wildman–Crippen LogP) is 4.51. The molecule has 0 aliphatic heterocycles. The van der Waals surface area contributed by atoms with Gasteiger partial charge in [0.15, 0.2) is 0 Å². The minimum Gasteiger partial charge on any atom is -0.497 e. The van der Waals surface area contributed by atoms with Gasteiger partial charge in [-0.15, -0.1) is 0 Å². The topological polar surface area (TPSA) is 35.5 Å². The Morgan fingerprint density at radius 1 is 0.750 bits per heavy atom. The van der Waals surface area contributed by atoms with Crippen molar-refractivity contribution < 1.29 is 14.3 Å². The summed E-state index contributed by atoms with van der Waals surface area (Å²) in [5.74, 6) is 0.959. The molecule has 0 aliphatic carbocycles. The lowest BCUT2D eigenvalue weighted by Gasteiger charge is -2.06. The summed E-state index contributed by atoms with van der Waals surface area (Å²) < 4.78 is 10.4. The van der Waals surface area contributed by atoms with Crippen LogP contribution in [0.1, 0.15) is 5.56 Å². The first-order chi connectivity index (χ1) is 11.7. The Labute approximate surface area is 141 Å². The van der Waals surface area contributed by atoms with Crippen LogP contribution in [-0.2, 0) is 11.2 Å². The van der Waals surface area contributed by atoms with Crippen molar-refractivity contribution in [3.63, 3.8) is 0 Å². The maximum atomic E-state index is 12.0. The Morgan fingerprint density at radius 2 is 1.33 bits per heavy atom. The largest absolute Gasteiger partial charge is 0.497 e. The van der Waals surface area contributed by atoms with Crippen LogP contribution in [0.2, 0.25) is 0 Å². The fraction of sp³-hybridized carbons (Fsp3) is 0.0952. The summed E-state index contributed by atoms with van der Waals surface area (Å²) >= 11 is 0. The van der Waals surface area contributed by atoms with Crippen molar-refractivity contribution in [3.8, 4) is 22.6 Å². The Kier molecular flexibility index (Phi) is 4.92. The lowest BCUT2D eigenvalue weighted by atomic mass is 10.0. The Hall–Kier alpha value is -3.07. The number of carbonyl (C=O) groups excluding carboxylic acids is 1. The zero-order valence-corrected chi connectivity index (χ0v) is 13.4. The molecule has 0 spiro atoms. The van der Waals surface area contributed by atoms with Gasteiger partial charge in [-0.2, -0.15) is 0 Å². The first-order valence-electron chi connectivity index (χ1n) is 7.74. The van der Waals surface area contributed by atoms with Crippen LogP contribution in [0, 0.1) is 0 Å². The van der Waals surface area contributed by atoms with Gasteiger partial charge in [0.05, 0.1) is 13.5 Å². The van der Waals surface area contributed by atoms with Crippen LogP contribution < -0.4 is 9.47 Å². The van der Waals surface area contributed by atoms with Gasteiger partial charge < -0.3 is 9.47 Å². The molecule has 0 heterocycles. The van der Waals surface area contributed by atoms with Crippen LogP contribution in [0.4, 0.5) is 0 Å². The molecular weight excluding hydrogens is 300 g/mol. The van der Waals surface area contributed by atoms with Gasteiger partial charge >= 0.3 is 5.97 Å². The van der Waals surface area contributed by atoms with E-state index in [9.17, 15) is 4.79 Å². The minimum atomic E-state index is -0.285. The maximum absolute atomic E-state index is 12.0. The van der Waals surface area contributed by atoms with Crippen molar-refractivity contribution in [2.75, 3.05) is 7.11 Å². The van der Waals surface area contributed by atoms with Crippen molar-refractivity contribution in [2.24, 2.45) is 0 Å². The average Bonchev–Trinajstić information content (AvgIpc) is 2.64. The molecule has 3 aromatic carbocycles. The van der Waals surface area contributed by atoms with Gasteiger partial charge in [-0.3, -0.25) is 4.79 Å². The Balaban J connectivity index is 1.62. The summed E-state index contributed by atoms with van der Waals surface area (Å²) in [7, 11) is 1.60. The number of benzene rings is 3. The third-order valence-electron chi connectivity index (χ3n) is 3.70. The van der Waals surface area contributed by atoms with Crippen molar-refractivity contribution in [1.29, 1.82) is 0 Å². The second-order valence-electron chi connectivity index (χ2n) is 5.39. The third kappa shape index (κ3) is 4.02. The van der Waals surface area contributed by atoms with Crippen LogP contribution >= 0.6 is 0 Å². The van der Waals surface area contributed by atoms with E-state index >= 15 is 0 Å². The first kappa shape index (κ1) is 15.8. The second kappa shape index (κ2) is 7.47. The molecule has 0 atom stereocenters. The van der Waals surface area contributed by atoms with Gasteiger partial charge in [0, 0.05) is 0 Å². The lowest BCUT2D eigenvalue weighted by molar-refractivity contribution is -0.133. The molecule has 3 aromatic rings. The van der Waals surface area contributed by atoms with Crippen molar-refractivity contribution in [1.82, 2.24) is 0 Å². The Bertz CT molecular complexity index is 791. The van der Waals surface area contributed by atoms with Gasteiger partial charge in [-0.05, 0) is 41.0 Å². The monoisotopic (exact) mass is 318 g/mol. The van der Waals surface area contributed by atoms with E-state index in [0.717, 1.165) is 22.4 Å². The minimum absolute atomic E-state index is 0.237. The number of rotatable bonds is 5. The fourth-order valence-electron chi connectivity index (χ4n) is 2.42. The van der Waals surface area contributed by atoms with Gasteiger partial charge in [0.1, 0.15) is 11.5 Å². The highest BCUT2D eigenvalue weighted by Gasteiger charge is 2.07. The van der Waals surface area contributed by atoms with Gasteiger partial charge in [-0.1, -0.05) is 54.6 Å². The number of carbonyl (C=O) groups is 1. The summed E-state index contributed by atoms with van der Waals surface area (Å²) in [4.78, 5) is 12.0. The molecule has 0 amide bonds. The quantitative estimate of drug-likeness (QED) is 0.513. The van der Waals surface area contributed by atoms with Crippen LogP contribution in [0.25, 0.3) is 11.1 Å². The molecule has 0 aliphatic rings. The molecule has 24 heavy (non-hydrogen) atoms. The van der Waals surface area contributed by atoms with Crippen LogP contribution in [0.3, 0.4) is 0 Å². The SMILES string of the molecule is COc1ccc(OC(=O)Cc2ccc(-c3ccccc3)cc2)cc1. The molecule has 3 heteroatoms. The van der Waals surface area contributed by atoms with E-state index in [2.05, 4.69) is 12.1 Å². The zero-order chi connectivity index (χ0) is 16.8. The molecule has 0 N–H and O–H groups in total. The van der Waals surface area contributed by atoms with Gasteiger partial charge in [0.25, 0.3) is 0 Å². The normalized spacial score (nSPS) is 10.2. The summed E-state index contributed by atoms with van der Waals surface area (Å²) in [6.07, 6.45) is 0.237. The van der Waals surface area contributed by atoms with E-state index < -0.39 is 0 Å². The lowest BCUT2D eigenvalue weighted by Crippen LogP contribution is -2.11. The van der Waals surface area contributed by atoms with E-state index in [0.29, 0.717) is 5.75 Å².